The number of aliphatic imine (C=N–C) groups is 1. The van der Waals surface area contributed by atoms with Crippen molar-refractivity contribution in [2.24, 2.45) is 10.9 Å². The minimum atomic E-state index is 0.195. The van der Waals surface area contributed by atoms with Crippen LogP contribution in [0.5, 0.6) is 0 Å². The number of carbonyl (C=O) groups excluding carboxylic acids is 1. The minimum absolute atomic E-state index is 0.195. The lowest BCUT2D eigenvalue weighted by atomic mass is 10.4. The molecule has 2 fully saturated rings. The summed E-state index contributed by atoms with van der Waals surface area (Å²) in [4.78, 5) is 15.8. The van der Waals surface area contributed by atoms with E-state index in [0.717, 1.165) is 25.3 Å². The van der Waals surface area contributed by atoms with E-state index in [-0.39, 0.29) is 11.8 Å². The lowest BCUT2D eigenvalue weighted by Crippen LogP contribution is -2.39. The zero-order chi connectivity index (χ0) is 12.1. The third-order valence-electron chi connectivity index (χ3n) is 2.89. The van der Waals surface area contributed by atoms with Crippen LogP contribution in [0.1, 0.15) is 32.6 Å². The maximum absolute atomic E-state index is 11.4. The number of hydrogen-bond donors (Lipinski definition) is 3. The van der Waals surface area contributed by atoms with Gasteiger partial charge in [0.25, 0.3) is 0 Å². The van der Waals surface area contributed by atoms with E-state index in [1.54, 1.807) is 0 Å². The van der Waals surface area contributed by atoms with Gasteiger partial charge in [0, 0.05) is 25.0 Å². The van der Waals surface area contributed by atoms with Crippen LogP contribution in [0.15, 0.2) is 4.99 Å². The van der Waals surface area contributed by atoms with Crippen molar-refractivity contribution in [2.45, 2.75) is 38.6 Å². The molecule has 0 aromatic heterocycles. The Balaban J connectivity index is 1.62. The fourth-order valence-corrected chi connectivity index (χ4v) is 1.58. The summed E-state index contributed by atoms with van der Waals surface area (Å²) in [6.07, 6.45) is 4.59. The van der Waals surface area contributed by atoms with Crippen LogP contribution in [0, 0.1) is 5.92 Å². The molecule has 0 heterocycles. The first-order valence-electron chi connectivity index (χ1n) is 6.62. The first-order chi connectivity index (χ1) is 8.29. The van der Waals surface area contributed by atoms with E-state index in [1.165, 1.54) is 12.8 Å². The number of carbonyl (C=O) groups is 1. The maximum atomic E-state index is 11.4. The highest BCUT2D eigenvalue weighted by Gasteiger charge is 2.29. The summed E-state index contributed by atoms with van der Waals surface area (Å²) in [6, 6.07) is 0.605. The van der Waals surface area contributed by atoms with E-state index in [9.17, 15) is 4.79 Å². The number of nitrogens with zero attached hydrogens (tertiary/aromatic N) is 1. The highest BCUT2D eigenvalue weighted by molar-refractivity contribution is 5.81. The van der Waals surface area contributed by atoms with Gasteiger partial charge in [-0.3, -0.25) is 9.79 Å². The molecule has 17 heavy (non-hydrogen) atoms. The Morgan fingerprint density at radius 3 is 2.59 bits per heavy atom. The van der Waals surface area contributed by atoms with Crippen molar-refractivity contribution in [3.63, 3.8) is 0 Å². The maximum Gasteiger partial charge on any atom is 0.223 e. The average Bonchev–Trinajstić information content (AvgIpc) is 3.16. The Kier molecular flexibility index (Phi) is 4.23. The first kappa shape index (κ1) is 12.2. The second-order valence-corrected chi connectivity index (χ2v) is 4.74. The molecule has 2 saturated carbocycles. The fraction of sp³-hybridized carbons (Fsp3) is 0.833. The van der Waals surface area contributed by atoms with Crippen molar-refractivity contribution < 1.29 is 4.79 Å². The average molecular weight is 238 g/mol. The molecule has 0 radical (unpaired) electrons. The highest BCUT2D eigenvalue weighted by Crippen LogP contribution is 2.28. The van der Waals surface area contributed by atoms with Crippen LogP contribution in [0.2, 0.25) is 0 Å². The molecule has 0 saturated heterocycles. The van der Waals surface area contributed by atoms with E-state index in [2.05, 4.69) is 27.9 Å². The molecule has 5 nitrogen and oxygen atoms in total. The SMILES string of the molecule is CCNC(=NCCNC(=O)C1CC1)NC1CC1. The Morgan fingerprint density at radius 1 is 1.24 bits per heavy atom. The molecule has 0 unspecified atom stereocenters. The molecule has 0 aromatic rings. The topological polar surface area (TPSA) is 65.5 Å². The first-order valence-corrected chi connectivity index (χ1v) is 6.62. The molecule has 5 heteroatoms. The summed E-state index contributed by atoms with van der Waals surface area (Å²) in [5.41, 5.74) is 0. The molecule has 2 aliphatic carbocycles. The van der Waals surface area contributed by atoms with E-state index in [4.69, 9.17) is 0 Å². The Labute approximate surface area is 102 Å². The lowest BCUT2D eigenvalue weighted by molar-refractivity contribution is -0.122. The molecule has 2 aliphatic rings. The van der Waals surface area contributed by atoms with Gasteiger partial charge >= 0.3 is 0 Å². The standard InChI is InChI=1S/C12H22N4O/c1-2-13-12(16-10-5-6-10)15-8-7-14-11(17)9-3-4-9/h9-10H,2-8H2,1H3,(H,14,17)(H2,13,15,16). The molecular weight excluding hydrogens is 216 g/mol. The van der Waals surface area contributed by atoms with Crippen molar-refractivity contribution in [3.05, 3.63) is 0 Å². The van der Waals surface area contributed by atoms with E-state index in [1.807, 2.05) is 0 Å². The normalized spacial score (nSPS) is 19.9. The smallest absolute Gasteiger partial charge is 0.223 e. The molecule has 96 valence electrons. The largest absolute Gasteiger partial charge is 0.357 e. The van der Waals surface area contributed by atoms with Gasteiger partial charge in [0.15, 0.2) is 5.96 Å². The van der Waals surface area contributed by atoms with Gasteiger partial charge in [0.2, 0.25) is 5.91 Å². The summed E-state index contributed by atoms with van der Waals surface area (Å²) >= 11 is 0. The predicted octanol–water partition coefficient (Wildman–Crippen LogP) is 0.230. The Hall–Kier alpha value is -1.26. The van der Waals surface area contributed by atoms with Crippen molar-refractivity contribution in [1.29, 1.82) is 0 Å². The molecule has 0 spiro atoms. The van der Waals surface area contributed by atoms with Gasteiger partial charge in [0.1, 0.15) is 0 Å². The third-order valence-corrected chi connectivity index (χ3v) is 2.89. The molecule has 1 amide bonds. The van der Waals surface area contributed by atoms with Crippen LogP contribution in [-0.2, 0) is 4.79 Å². The zero-order valence-electron chi connectivity index (χ0n) is 10.5. The molecule has 3 N–H and O–H groups in total. The second kappa shape index (κ2) is 5.89. The van der Waals surface area contributed by atoms with Gasteiger partial charge in [0.05, 0.1) is 6.54 Å². The van der Waals surface area contributed by atoms with Crippen LogP contribution >= 0.6 is 0 Å². The van der Waals surface area contributed by atoms with E-state index in [0.29, 0.717) is 19.1 Å². The predicted molar refractivity (Wildman–Crippen MR) is 67.9 cm³/mol. The highest BCUT2D eigenvalue weighted by atomic mass is 16.2. The molecular formula is C12H22N4O. The van der Waals surface area contributed by atoms with Crippen LogP contribution in [0.3, 0.4) is 0 Å². The monoisotopic (exact) mass is 238 g/mol. The molecule has 2 rings (SSSR count). The fourth-order valence-electron chi connectivity index (χ4n) is 1.58. The summed E-state index contributed by atoms with van der Waals surface area (Å²) < 4.78 is 0. The van der Waals surface area contributed by atoms with Crippen molar-refractivity contribution in [1.82, 2.24) is 16.0 Å². The van der Waals surface area contributed by atoms with Gasteiger partial charge in [-0.2, -0.15) is 0 Å². The van der Waals surface area contributed by atoms with Gasteiger partial charge in [-0.05, 0) is 32.6 Å². The zero-order valence-corrected chi connectivity index (χ0v) is 10.5. The number of guanidine groups is 1. The summed E-state index contributed by atoms with van der Waals surface area (Å²) in [5, 5.41) is 9.45. The quantitative estimate of drug-likeness (QED) is 0.352. The Bertz CT molecular complexity index is 295. The summed E-state index contributed by atoms with van der Waals surface area (Å²) in [5.74, 6) is 1.35. The van der Waals surface area contributed by atoms with Gasteiger partial charge in [-0.1, -0.05) is 0 Å². The molecule has 0 bridgehead atoms. The van der Waals surface area contributed by atoms with Gasteiger partial charge < -0.3 is 16.0 Å². The molecule has 0 atom stereocenters. The van der Waals surface area contributed by atoms with Crippen LogP contribution in [0.25, 0.3) is 0 Å². The summed E-state index contributed by atoms with van der Waals surface area (Å²) in [6.45, 7) is 4.20. The number of hydrogen-bond acceptors (Lipinski definition) is 2. The Morgan fingerprint density at radius 2 is 2.00 bits per heavy atom. The van der Waals surface area contributed by atoms with Crippen molar-refractivity contribution in [3.8, 4) is 0 Å². The third kappa shape index (κ3) is 4.63. The van der Waals surface area contributed by atoms with E-state index < -0.39 is 0 Å². The van der Waals surface area contributed by atoms with Crippen molar-refractivity contribution >= 4 is 11.9 Å². The van der Waals surface area contributed by atoms with Crippen LogP contribution < -0.4 is 16.0 Å². The van der Waals surface area contributed by atoms with Gasteiger partial charge in [-0.15, -0.1) is 0 Å². The number of amides is 1. The summed E-state index contributed by atoms with van der Waals surface area (Å²) in [7, 11) is 0. The van der Waals surface area contributed by atoms with Crippen molar-refractivity contribution in [2.75, 3.05) is 19.6 Å². The number of nitrogens with one attached hydrogen (secondary N) is 3. The van der Waals surface area contributed by atoms with Gasteiger partial charge in [-0.25, -0.2) is 0 Å². The second-order valence-electron chi connectivity index (χ2n) is 4.74. The van der Waals surface area contributed by atoms with Crippen LogP contribution in [-0.4, -0.2) is 37.5 Å². The minimum Gasteiger partial charge on any atom is -0.357 e. The van der Waals surface area contributed by atoms with Crippen LogP contribution in [0.4, 0.5) is 0 Å². The van der Waals surface area contributed by atoms with E-state index >= 15 is 0 Å². The molecule has 0 aliphatic heterocycles. The lowest BCUT2D eigenvalue weighted by Gasteiger charge is -2.10. The number of rotatable bonds is 6. The molecule has 0 aromatic carbocycles.